The molecule has 0 heterocycles. The lowest BCUT2D eigenvalue weighted by atomic mass is 9.96. The van der Waals surface area contributed by atoms with Crippen LogP contribution in [0.2, 0.25) is 5.02 Å². The van der Waals surface area contributed by atoms with Gasteiger partial charge in [0.1, 0.15) is 17.4 Å². The number of rotatable bonds is 4. The molecule has 0 fully saturated rings. The van der Waals surface area contributed by atoms with Crippen molar-refractivity contribution in [1.82, 2.24) is 5.32 Å². The Bertz CT molecular complexity index is 661. The zero-order valence-electron chi connectivity index (χ0n) is 12.0. The third kappa shape index (κ3) is 3.01. The van der Waals surface area contributed by atoms with Crippen LogP contribution in [0, 0.1) is 18.6 Å². The summed E-state index contributed by atoms with van der Waals surface area (Å²) in [7, 11) is 3.14. The first-order chi connectivity index (χ1) is 9.99. The lowest BCUT2D eigenvalue weighted by Crippen LogP contribution is -2.21. The highest BCUT2D eigenvalue weighted by molar-refractivity contribution is 6.32. The molecular formula is C16H16ClF2NO. The van der Waals surface area contributed by atoms with Gasteiger partial charge in [-0.2, -0.15) is 0 Å². The maximum atomic E-state index is 14.3. The van der Waals surface area contributed by atoms with Crippen molar-refractivity contribution < 1.29 is 13.5 Å². The van der Waals surface area contributed by atoms with Gasteiger partial charge in [0.25, 0.3) is 0 Å². The summed E-state index contributed by atoms with van der Waals surface area (Å²) in [5, 5.41) is 3.38. The SMILES string of the molecule is CNC(c1ccc(Cl)c(OC)c1)c1c(F)ccc(C)c1F. The zero-order valence-corrected chi connectivity index (χ0v) is 12.8. The molecule has 5 heteroatoms. The molecule has 1 unspecified atom stereocenters. The van der Waals surface area contributed by atoms with Crippen molar-refractivity contribution in [2.45, 2.75) is 13.0 Å². The van der Waals surface area contributed by atoms with E-state index in [9.17, 15) is 8.78 Å². The largest absolute Gasteiger partial charge is 0.495 e. The number of ether oxygens (including phenoxy) is 1. The quantitative estimate of drug-likeness (QED) is 0.911. The number of aryl methyl sites for hydroxylation is 1. The molecule has 2 aromatic rings. The molecule has 0 radical (unpaired) electrons. The van der Waals surface area contributed by atoms with E-state index in [0.717, 1.165) is 0 Å². The van der Waals surface area contributed by atoms with Gasteiger partial charge in [-0.3, -0.25) is 0 Å². The van der Waals surface area contributed by atoms with Crippen LogP contribution in [-0.4, -0.2) is 14.2 Å². The van der Waals surface area contributed by atoms with Gasteiger partial charge in [-0.1, -0.05) is 23.7 Å². The smallest absolute Gasteiger partial charge is 0.137 e. The number of halogens is 3. The number of hydrogen-bond donors (Lipinski definition) is 1. The maximum Gasteiger partial charge on any atom is 0.137 e. The van der Waals surface area contributed by atoms with E-state index in [-0.39, 0.29) is 5.56 Å². The first-order valence-corrected chi connectivity index (χ1v) is 6.82. The van der Waals surface area contributed by atoms with Gasteiger partial charge in [-0.05, 0) is 43.3 Å². The van der Waals surface area contributed by atoms with Crippen LogP contribution in [-0.2, 0) is 0 Å². The molecule has 112 valence electrons. The fourth-order valence-corrected chi connectivity index (χ4v) is 2.47. The highest BCUT2D eigenvalue weighted by Crippen LogP contribution is 2.33. The number of nitrogens with one attached hydrogen (secondary N) is 1. The molecule has 0 amide bonds. The molecule has 0 aliphatic rings. The monoisotopic (exact) mass is 311 g/mol. The Morgan fingerprint density at radius 1 is 1.19 bits per heavy atom. The lowest BCUT2D eigenvalue weighted by Gasteiger charge is -2.20. The van der Waals surface area contributed by atoms with Crippen molar-refractivity contribution in [2.24, 2.45) is 0 Å². The summed E-state index contributed by atoms with van der Waals surface area (Å²) in [6.07, 6.45) is 0. The van der Waals surface area contributed by atoms with Crippen LogP contribution in [0.1, 0.15) is 22.7 Å². The van der Waals surface area contributed by atoms with Gasteiger partial charge >= 0.3 is 0 Å². The number of methoxy groups -OCH3 is 1. The van der Waals surface area contributed by atoms with Crippen LogP contribution in [0.15, 0.2) is 30.3 Å². The molecular weight excluding hydrogens is 296 g/mol. The fraction of sp³-hybridized carbons (Fsp3) is 0.250. The average Bonchev–Trinajstić information content (AvgIpc) is 2.48. The molecule has 2 aromatic carbocycles. The third-order valence-corrected chi connectivity index (χ3v) is 3.72. The summed E-state index contributed by atoms with van der Waals surface area (Å²) in [5.74, 6) is -0.683. The molecule has 21 heavy (non-hydrogen) atoms. The Morgan fingerprint density at radius 3 is 2.52 bits per heavy atom. The Morgan fingerprint density at radius 2 is 1.90 bits per heavy atom. The summed E-state index contributed by atoms with van der Waals surface area (Å²) >= 11 is 5.98. The van der Waals surface area contributed by atoms with E-state index in [2.05, 4.69) is 5.32 Å². The van der Waals surface area contributed by atoms with Crippen molar-refractivity contribution in [3.05, 3.63) is 63.7 Å². The van der Waals surface area contributed by atoms with Crippen LogP contribution in [0.25, 0.3) is 0 Å². The van der Waals surface area contributed by atoms with Crippen molar-refractivity contribution in [3.63, 3.8) is 0 Å². The van der Waals surface area contributed by atoms with Crippen LogP contribution < -0.4 is 10.1 Å². The molecule has 0 saturated carbocycles. The average molecular weight is 312 g/mol. The predicted octanol–water partition coefficient (Wildman–Crippen LogP) is 4.24. The van der Waals surface area contributed by atoms with Crippen molar-refractivity contribution in [3.8, 4) is 5.75 Å². The second-order valence-corrected chi connectivity index (χ2v) is 5.11. The van der Waals surface area contributed by atoms with Crippen LogP contribution >= 0.6 is 11.6 Å². The number of benzene rings is 2. The van der Waals surface area contributed by atoms with E-state index >= 15 is 0 Å². The molecule has 2 nitrogen and oxygen atoms in total. The second-order valence-electron chi connectivity index (χ2n) is 4.71. The van der Waals surface area contributed by atoms with E-state index in [1.165, 1.54) is 19.2 Å². The van der Waals surface area contributed by atoms with E-state index < -0.39 is 17.7 Å². The van der Waals surface area contributed by atoms with Crippen LogP contribution in [0.5, 0.6) is 5.75 Å². The zero-order chi connectivity index (χ0) is 15.6. The maximum absolute atomic E-state index is 14.3. The van der Waals surface area contributed by atoms with Gasteiger partial charge in [-0.15, -0.1) is 0 Å². The van der Waals surface area contributed by atoms with Gasteiger partial charge in [0.15, 0.2) is 0 Å². The summed E-state index contributed by atoms with van der Waals surface area (Å²) < 4.78 is 33.5. The lowest BCUT2D eigenvalue weighted by molar-refractivity contribution is 0.413. The van der Waals surface area contributed by atoms with Gasteiger partial charge in [0.05, 0.1) is 18.2 Å². The molecule has 1 atom stereocenters. The van der Waals surface area contributed by atoms with Gasteiger partial charge in [-0.25, -0.2) is 8.78 Å². The van der Waals surface area contributed by atoms with Gasteiger partial charge in [0.2, 0.25) is 0 Å². The van der Waals surface area contributed by atoms with E-state index in [1.807, 2.05) is 0 Å². The minimum atomic E-state index is -0.629. The first kappa shape index (κ1) is 15.7. The molecule has 1 N–H and O–H groups in total. The molecule has 0 bridgehead atoms. The van der Waals surface area contributed by atoms with Crippen LogP contribution in [0.4, 0.5) is 8.78 Å². The van der Waals surface area contributed by atoms with Crippen molar-refractivity contribution in [2.75, 3.05) is 14.2 Å². The van der Waals surface area contributed by atoms with Gasteiger partial charge in [0, 0.05) is 5.56 Å². The first-order valence-electron chi connectivity index (χ1n) is 6.44. The Labute approximate surface area is 127 Å². The summed E-state index contributed by atoms with van der Waals surface area (Å²) in [6, 6.07) is 7.09. The second kappa shape index (κ2) is 6.41. The molecule has 0 saturated heterocycles. The molecule has 0 aliphatic carbocycles. The Balaban J connectivity index is 2.57. The third-order valence-electron chi connectivity index (χ3n) is 3.41. The highest BCUT2D eigenvalue weighted by Gasteiger charge is 2.22. The van der Waals surface area contributed by atoms with Crippen molar-refractivity contribution in [1.29, 1.82) is 0 Å². The highest BCUT2D eigenvalue weighted by atomic mass is 35.5. The predicted molar refractivity (Wildman–Crippen MR) is 80.0 cm³/mol. The normalized spacial score (nSPS) is 12.3. The Kier molecular flexibility index (Phi) is 4.80. The summed E-state index contributed by atoms with van der Waals surface area (Å²) in [6.45, 7) is 1.60. The topological polar surface area (TPSA) is 21.3 Å². The van der Waals surface area contributed by atoms with Gasteiger partial charge < -0.3 is 10.1 Å². The number of hydrogen-bond acceptors (Lipinski definition) is 2. The van der Waals surface area contributed by atoms with E-state index in [1.54, 1.807) is 32.2 Å². The molecule has 0 aromatic heterocycles. The standard InChI is InChI=1S/C16H16ClF2NO/c1-9-4-7-12(18)14(15(9)19)16(20-2)10-5-6-11(17)13(8-10)21-3/h4-8,16,20H,1-3H3. The Hall–Kier alpha value is -1.65. The van der Waals surface area contributed by atoms with E-state index in [0.29, 0.717) is 21.9 Å². The fourth-order valence-electron chi connectivity index (χ4n) is 2.28. The molecule has 0 spiro atoms. The summed E-state index contributed by atoms with van der Waals surface area (Å²) in [4.78, 5) is 0. The minimum Gasteiger partial charge on any atom is -0.495 e. The van der Waals surface area contributed by atoms with Crippen molar-refractivity contribution >= 4 is 11.6 Å². The minimum absolute atomic E-state index is 0.0122. The van der Waals surface area contributed by atoms with E-state index in [4.69, 9.17) is 16.3 Å². The molecule has 0 aliphatic heterocycles. The van der Waals surface area contributed by atoms with Crippen LogP contribution in [0.3, 0.4) is 0 Å². The molecule has 2 rings (SSSR count). The summed E-state index contributed by atoms with van der Waals surface area (Å²) in [5.41, 5.74) is 1.05.